The molecule has 2 aromatic carbocycles. The van der Waals surface area contributed by atoms with Gasteiger partial charge in [0.2, 0.25) is 0 Å². The van der Waals surface area contributed by atoms with Crippen molar-refractivity contribution in [2.45, 2.75) is 13.5 Å². The van der Waals surface area contributed by atoms with Crippen LogP contribution in [0.1, 0.15) is 21.7 Å². The first-order chi connectivity index (χ1) is 12.9. The van der Waals surface area contributed by atoms with E-state index in [1.807, 2.05) is 0 Å². The van der Waals surface area contributed by atoms with Crippen LogP contribution >= 0.6 is 23.2 Å². The lowest BCUT2D eigenvalue weighted by molar-refractivity contribution is 0.0950. The molecule has 5 nitrogen and oxygen atoms in total. The number of aromatic nitrogens is 1. The summed E-state index contributed by atoms with van der Waals surface area (Å²) in [6.07, 6.45) is 0. The number of carbonyl (C=O) groups is 1. The van der Waals surface area contributed by atoms with Gasteiger partial charge in [0.1, 0.15) is 28.6 Å². The van der Waals surface area contributed by atoms with Gasteiger partial charge < -0.3 is 14.6 Å². The molecular weight excluding hydrogens is 394 g/mol. The molecule has 3 aromatic rings. The quantitative estimate of drug-likeness (QED) is 0.642. The van der Waals surface area contributed by atoms with Crippen LogP contribution < -0.4 is 10.1 Å². The zero-order chi connectivity index (χ0) is 19.6. The summed E-state index contributed by atoms with van der Waals surface area (Å²) in [4.78, 5) is 12.7. The Kier molecular flexibility index (Phi) is 5.68. The highest BCUT2D eigenvalue weighted by atomic mass is 35.5. The summed E-state index contributed by atoms with van der Waals surface area (Å²) in [5.41, 5.74) is 0.977. The largest absolute Gasteiger partial charge is 0.495 e. The van der Waals surface area contributed by atoms with Gasteiger partial charge in [-0.3, -0.25) is 4.79 Å². The average Bonchev–Trinajstić information content (AvgIpc) is 3.01. The third-order valence-electron chi connectivity index (χ3n) is 3.96. The Balaban J connectivity index is 1.86. The van der Waals surface area contributed by atoms with Crippen LogP contribution in [0.3, 0.4) is 0 Å². The minimum absolute atomic E-state index is 0.0219. The Bertz CT molecular complexity index is 984. The van der Waals surface area contributed by atoms with Crippen molar-refractivity contribution >= 4 is 29.1 Å². The van der Waals surface area contributed by atoms with Gasteiger partial charge >= 0.3 is 0 Å². The van der Waals surface area contributed by atoms with Crippen molar-refractivity contribution in [3.63, 3.8) is 0 Å². The Morgan fingerprint density at radius 1 is 1.26 bits per heavy atom. The fraction of sp³-hybridized carbons (Fsp3) is 0.158. The molecule has 3 rings (SSSR count). The van der Waals surface area contributed by atoms with Crippen molar-refractivity contribution in [3.8, 4) is 17.0 Å². The summed E-state index contributed by atoms with van der Waals surface area (Å²) in [5.74, 6) is -0.255. The van der Waals surface area contributed by atoms with E-state index in [2.05, 4.69) is 10.5 Å². The van der Waals surface area contributed by atoms with E-state index in [0.717, 1.165) is 5.56 Å². The fourth-order valence-electron chi connectivity index (χ4n) is 2.62. The van der Waals surface area contributed by atoms with Gasteiger partial charge in [-0.05, 0) is 36.8 Å². The van der Waals surface area contributed by atoms with Crippen LogP contribution in [-0.4, -0.2) is 18.2 Å². The zero-order valence-electron chi connectivity index (χ0n) is 14.5. The van der Waals surface area contributed by atoms with E-state index in [4.69, 9.17) is 32.5 Å². The fourth-order valence-corrected chi connectivity index (χ4v) is 3.16. The van der Waals surface area contributed by atoms with Crippen molar-refractivity contribution in [1.29, 1.82) is 0 Å². The lowest BCUT2D eigenvalue weighted by atomic mass is 10.0. The highest BCUT2D eigenvalue weighted by Crippen LogP contribution is 2.33. The molecule has 0 bridgehead atoms. The first kappa shape index (κ1) is 19.2. The first-order valence-corrected chi connectivity index (χ1v) is 8.69. The summed E-state index contributed by atoms with van der Waals surface area (Å²) in [5, 5.41) is 7.15. The van der Waals surface area contributed by atoms with E-state index in [9.17, 15) is 9.18 Å². The number of amides is 1. The summed E-state index contributed by atoms with van der Waals surface area (Å²) in [7, 11) is 1.52. The van der Waals surface area contributed by atoms with Gasteiger partial charge in [-0.25, -0.2) is 4.39 Å². The van der Waals surface area contributed by atoms with Crippen LogP contribution in [-0.2, 0) is 6.54 Å². The smallest absolute Gasteiger partial charge is 0.257 e. The molecule has 1 aromatic heterocycles. The molecule has 140 valence electrons. The molecular formula is C19H15Cl2FN2O3. The van der Waals surface area contributed by atoms with Crippen LogP contribution in [0.5, 0.6) is 5.75 Å². The third kappa shape index (κ3) is 3.91. The van der Waals surface area contributed by atoms with Crippen LogP contribution in [0.2, 0.25) is 10.0 Å². The van der Waals surface area contributed by atoms with Crippen LogP contribution in [0.4, 0.5) is 4.39 Å². The van der Waals surface area contributed by atoms with Gasteiger partial charge in [-0.2, -0.15) is 0 Å². The molecule has 0 aliphatic carbocycles. The zero-order valence-corrected chi connectivity index (χ0v) is 16.0. The molecule has 8 heteroatoms. The normalized spacial score (nSPS) is 10.7. The first-order valence-electron chi connectivity index (χ1n) is 7.93. The molecule has 0 radical (unpaired) electrons. The molecule has 0 saturated carbocycles. The number of carbonyl (C=O) groups excluding carboxylic acids is 1. The molecule has 0 aliphatic rings. The molecule has 0 unspecified atom stereocenters. The summed E-state index contributed by atoms with van der Waals surface area (Å²) < 4.78 is 24.4. The molecule has 1 amide bonds. The number of halogens is 3. The van der Waals surface area contributed by atoms with Crippen molar-refractivity contribution in [3.05, 3.63) is 69.1 Å². The molecule has 1 N–H and O–H groups in total. The van der Waals surface area contributed by atoms with E-state index in [0.29, 0.717) is 10.8 Å². The van der Waals surface area contributed by atoms with Crippen molar-refractivity contribution in [1.82, 2.24) is 10.5 Å². The van der Waals surface area contributed by atoms with E-state index in [-0.39, 0.29) is 34.1 Å². The van der Waals surface area contributed by atoms with Gasteiger partial charge in [0.25, 0.3) is 5.91 Å². The summed E-state index contributed by atoms with van der Waals surface area (Å²) >= 11 is 12.2. The van der Waals surface area contributed by atoms with Crippen molar-refractivity contribution < 1.29 is 18.4 Å². The monoisotopic (exact) mass is 408 g/mol. The molecule has 0 spiro atoms. The number of hydrogen-bond acceptors (Lipinski definition) is 4. The molecule has 1 heterocycles. The number of aryl methyl sites for hydroxylation is 1. The minimum Gasteiger partial charge on any atom is -0.495 e. The highest BCUT2D eigenvalue weighted by Gasteiger charge is 2.25. The second-order valence-corrected chi connectivity index (χ2v) is 6.53. The number of nitrogens with zero attached hydrogens (tertiary/aromatic N) is 1. The van der Waals surface area contributed by atoms with E-state index in [1.54, 1.807) is 25.1 Å². The van der Waals surface area contributed by atoms with Crippen molar-refractivity contribution in [2.75, 3.05) is 7.11 Å². The topological polar surface area (TPSA) is 64.4 Å². The van der Waals surface area contributed by atoms with Gasteiger partial charge in [0, 0.05) is 6.54 Å². The maximum absolute atomic E-state index is 14.2. The van der Waals surface area contributed by atoms with E-state index >= 15 is 0 Å². The Hall–Kier alpha value is -2.57. The van der Waals surface area contributed by atoms with E-state index in [1.165, 1.54) is 25.3 Å². The summed E-state index contributed by atoms with van der Waals surface area (Å²) in [6.45, 7) is 1.78. The number of rotatable bonds is 5. The number of benzene rings is 2. The molecule has 0 fully saturated rings. The SMILES string of the molecule is COc1ccc(CNC(=O)c2c(-c3c(F)cccc3Cl)noc2C)cc1Cl. The number of nitrogens with one attached hydrogen (secondary N) is 1. The average molecular weight is 409 g/mol. The molecule has 0 atom stereocenters. The van der Waals surface area contributed by atoms with Crippen molar-refractivity contribution in [2.24, 2.45) is 0 Å². The van der Waals surface area contributed by atoms with Gasteiger partial charge in [-0.15, -0.1) is 0 Å². The maximum Gasteiger partial charge on any atom is 0.257 e. The molecule has 27 heavy (non-hydrogen) atoms. The summed E-state index contributed by atoms with van der Waals surface area (Å²) in [6, 6.07) is 9.41. The van der Waals surface area contributed by atoms with Crippen LogP contribution in [0, 0.1) is 12.7 Å². The Morgan fingerprint density at radius 3 is 2.70 bits per heavy atom. The maximum atomic E-state index is 14.2. The second-order valence-electron chi connectivity index (χ2n) is 5.71. The Morgan fingerprint density at radius 2 is 2.04 bits per heavy atom. The Labute approximate surface area is 165 Å². The predicted octanol–water partition coefficient (Wildman–Crippen LogP) is 5.03. The highest BCUT2D eigenvalue weighted by molar-refractivity contribution is 6.33. The standard InChI is InChI=1S/C19H15Cl2FN2O3/c1-10-16(18(24-27-10)17-12(20)4-3-5-14(17)22)19(25)23-9-11-6-7-15(26-2)13(21)8-11/h3-8H,9H2,1-2H3,(H,23,25). The number of ether oxygens (including phenoxy) is 1. The number of methoxy groups -OCH3 is 1. The third-order valence-corrected chi connectivity index (χ3v) is 4.57. The van der Waals surface area contributed by atoms with Gasteiger partial charge in [0.05, 0.1) is 22.7 Å². The molecule has 0 saturated heterocycles. The van der Waals surface area contributed by atoms with Gasteiger partial charge in [0.15, 0.2) is 0 Å². The van der Waals surface area contributed by atoms with Crippen LogP contribution in [0.25, 0.3) is 11.3 Å². The van der Waals surface area contributed by atoms with Gasteiger partial charge in [-0.1, -0.05) is 40.5 Å². The molecule has 0 aliphatic heterocycles. The number of hydrogen-bond donors (Lipinski definition) is 1. The van der Waals surface area contributed by atoms with E-state index < -0.39 is 11.7 Å². The predicted molar refractivity (Wildman–Crippen MR) is 101 cm³/mol. The lowest BCUT2D eigenvalue weighted by Gasteiger charge is -2.09. The second kappa shape index (κ2) is 7.98. The minimum atomic E-state index is -0.591. The lowest BCUT2D eigenvalue weighted by Crippen LogP contribution is -2.23. The van der Waals surface area contributed by atoms with Crippen LogP contribution in [0.15, 0.2) is 40.9 Å².